The molecule has 0 aliphatic heterocycles. The molecule has 6 heteroatoms. The number of oxazole rings is 1. The molecule has 3 aromatic rings. The van der Waals surface area contributed by atoms with Crippen LogP contribution in [-0.4, -0.2) is 10.9 Å². The molecule has 4 nitrogen and oxygen atoms in total. The summed E-state index contributed by atoms with van der Waals surface area (Å²) in [4.78, 5) is 16.1. The molecular weight excluding hydrogens is 375 g/mol. The molecule has 1 aromatic heterocycles. The van der Waals surface area contributed by atoms with Crippen LogP contribution in [0.5, 0.6) is 0 Å². The number of aromatic nitrogens is 1. The highest BCUT2D eigenvalue weighted by atomic mass is 79.9. The van der Waals surface area contributed by atoms with Gasteiger partial charge in [0.15, 0.2) is 11.7 Å². The fourth-order valence-corrected chi connectivity index (χ4v) is 2.45. The van der Waals surface area contributed by atoms with Crippen LogP contribution >= 0.6 is 15.9 Å². The summed E-state index contributed by atoms with van der Waals surface area (Å²) in [6, 6.07) is 13.5. The molecule has 1 heterocycles. The molecule has 0 saturated heterocycles. The third-order valence-electron chi connectivity index (χ3n) is 3.36. The Morgan fingerprint density at radius 3 is 2.75 bits per heavy atom. The van der Waals surface area contributed by atoms with Gasteiger partial charge in [-0.1, -0.05) is 34.1 Å². The predicted molar refractivity (Wildman–Crippen MR) is 93.0 cm³/mol. The Kier molecular flexibility index (Phi) is 5.05. The lowest BCUT2D eigenvalue weighted by Crippen LogP contribution is -2.12. The average molecular weight is 389 g/mol. The van der Waals surface area contributed by atoms with Crippen molar-refractivity contribution < 1.29 is 13.6 Å². The van der Waals surface area contributed by atoms with Crippen molar-refractivity contribution in [3.8, 4) is 11.3 Å². The predicted octanol–water partition coefficient (Wildman–Crippen LogP) is 4.81. The number of nitrogens with zero attached hydrogens (tertiary/aromatic N) is 1. The zero-order valence-electron chi connectivity index (χ0n) is 12.6. The fourth-order valence-electron chi connectivity index (χ4n) is 2.18. The van der Waals surface area contributed by atoms with Gasteiger partial charge in [-0.25, -0.2) is 9.37 Å². The van der Waals surface area contributed by atoms with Crippen molar-refractivity contribution in [2.75, 3.05) is 5.32 Å². The van der Waals surface area contributed by atoms with Gasteiger partial charge in [0, 0.05) is 28.6 Å². The van der Waals surface area contributed by atoms with Gasteiger partial charge in [0.2, 0.25) is 5.91 Å². The first-order valence-electron chi connectivity index (χ1n) is 7.36. The molecule has 0 fully saturated rings. The van der Waals surface area contributed by atoms with Crippen LogP contribution in [0.15, 0.2) is 63.6 Å². The zero-order valence-corrected chi connectivity index (χ0v) is 14.2. The van der Waals surface area contributed by atoms with E-state index in [1.807, 2.05) is 24.3 Å². The molecule has 1 amide bonds. The first-order valence-corrected chi connectivity index (χ1v) is 8.15. The number of nitrogens with one attached hydrogen (secondary N) is 1. The number of anilines is 1. The summed E-state index contributed by atoms with van der Waals surface area (Å²) in [6.07, 6.45) is 2.22. The first kappa shape index (κ1) is 16.4. The Hall–Kier alpha value is -2.47. The number of hydrogen-bond donors (Lipinski definition) is 1. The van der Waals surface area contributed by atoms with Crippen LogP contribution < -0.4 is 5.32 Å². The third kappa shape index (κ3) is 4.29. The molecule has 0 atom stereocenters. The van der Waals surface area contributed by atoms with Gasteiger partial charge in [0.1, 0.15) is 5.82 Å². The molecule has 0 unspecified atom stereocenters. The van der Waals surface area contributed by atoms with E-state index < -0.39 is 0 Å². The molecule has 1 N–H and O–H groups in total. The van der Waals surface area contributed by atoms with Gasteiger partial charge in [-0.3, -0.25) is 4.79 Å². The highest BCUT2D eigenvalue weighted by molar-refractivity contribution is 9.10. The van der Waals surface area contributed by atoms with E-state index in [0.717, 1.165) is 10.0 Å². The Morgan fingerprint density at radius 2 is 2.00 bits per heavy atom. The number of rotatable bonds is 5. The van der Waals surface area contributed by atoms with Gasteiger partial charge in [-0.15, -0.1) is 0 Å². The maximum Gasteiger partial charge on any atom is 0.224 e. The van der Waals surface area contributed by atoms with E-state index in [2.05, 4.69) is 26.2 Å². The summed E-state index contributed by atoms with van der Waals surface area (Å²) in [7, 11) is 0. The summed E-state index contributed by atoms with van der Waals surface area (Å²) in [6.45, 7) is 0. The van der Waals surface area contributed by atoms with Crippen LogP contribution in [0.4, 0.5) is 10.1 Å². The number of benzene rings is 2. The molecule has 0 aliphatic rings. The molecule has 0 aliphatic carbocycles. The number of aryl methyl sites for hydroxylation is 1. The average Bonchev–Trinajstić information content (AvgIpc) is 3.03. The summed E-state index contributed by atoms with van der Waals surface area (Å²) in [5, 5.41) is 2.64. The second kappa shape index (κ2) is 7.40. The minimum Gasteiger partial charge on any atom is -0.441 e. The molecule has 0 bridgehead atoms. The summed E-state index contributed by atoms with van der Waals surface area (Å²) in [5.74, 6) is 0.536. The summed E-state index contributed by atoms with van der Waals surface area (Å²) in [5.41, 5.74) is 1.35. The van der Waals surface area contributed by atoms with Gasteiger partial charge < -0.3 is 9.73 Å². The number of carbonyl (C=O) groups is 1. The number of hydrogen-bond acceptors (Lipinski definition) is 3. The van der Waals surface area contributed by atoms with Gasteiger partial charge in [-0.2, -0.15) is 0 Å². The Bertz CT molecular complexity index is 846. The van der Waals surface area contributed by atoms with Crippen LogP contribution in [0.2, 0.25) is 0 Å². The zero-order chi connectivity index (χ0) is 16.9. The molecule has 0 radical (unpaired) electrons. The van der Waals surface area contributed by atoms with E-state index in [0.29, 0.717) is 23.8 Å². The third-order valence-corrected chi connectivity index (χ3v) is 3.89. The molecule has 2 aromatic carbocycles. The summed E-state index contributed by atoms with van der Waals surface area (Å²) < 4.78 is 19.7. The van der Waals surface area contributed by atoms with Crippen LogP contribution in [0.25, 0.3) is 11.3 Å². The highest BCUT2D eigenvalue weighted by Crippen LogP contribution is 2.23. The van der Waals surface area contributed by atoms with Gasteiger partial charge in [0.25, 0.3) is 0 Å². The van der Waals surface area contributed by atoms with Crippen molar-refractivity contribution in [2.45, 2.75) is 12.8 Å². The fraction of sp³-hybridized carbons (Fsp3) is 0.111. The molecule has 0 spiro atoms. The monoisotopic (exact) mass is 388 g/mol. The Labute approximate surface area is 146 Å². The first-order chi connectivity index (χ1) is 11.6. The van der Waals surface area contributed by atoms with Crippen LogP contribution in [0.1, 0.15) is 12.3 Å². The number of amides is 1. The van der Waals surface area contributed by atoms with Crippen molar-refractivity contribution in [1.29, 1.82) is 0 Å². The van der Waals surface area contributed by atoms with Crippen LogP contribution in [-0.2, 0) is 11.2 Å². The molecular formula is C18H14BrFN2O2. The van der Waals surface area contributed by atoms with E-state index in [9.17, 15) is 9.18 Å². The molecule has 0 saturated carbocycles. The molecule has 3 rings (SSSR count). The number of carbonyl (C=O) groups excluding carboxylic acids is 1. The van der Waals surface area contributed by atoms with Crippen molar-refractivity contribution >= 4 is 27.5 Å². The Morgan fingerprint density at radius 1 is 1.21 bits per heavy atom. The van der Waals surface area contributed by atoms with E-state index >= 15 is 0 Å². The van der Waals surface area contributed by atoms with E-state index in [4.69, 9.17) is 4.42 Å². The van der Waals surface area contributed by atoms with Crippen molar-refractivity contribution in [3.05, 3.63) is 70.9 Å². The standard InChI is InChI=1S/C18H14BrFN2O2/c19-13-6-4-12(5-7-13)16-11-21-18(24-16)9-8-17(23)22-15-3-1-2-14(20)10-15/h1-7,10-11H,8-9H2,(H,22,23). The highest BCUT2D eigenvalue weighted by Gasteiger charge is 2.09. The van der Waals surface area contributed by atoms with Crippen molar-refractivity contribution in [3.63, 3.8) is 0 Å². The van der Waals surface area contributed by atoms with E-state index in [1.165, 1.54) is 12.1 Å². The topological polar surface area (TPSA) is 55.1 Å². The second-order valence-electron chi connectivity index (χ2n) is 5.18. The van der Waals surface area contributed by atoms with Gasteiger partial charge in [-0.05, 0) is 30.3 Å². The maximum atomic E-state index is 13.1. The normalized spacial score (nSPS) is 10.6. The van der Waals surface area contributed by atoms with E-state index in [1.54, 1.807) is 18.3 Å². The largest absolute Gasteiger partial charge is 0.441 e. The van der Waals surface area contributed by atoms with Crippen LogP contribution in [0, 0.1) is 5.82 Å². The van der Waals surface area contributed by atoms with E-state index in [-0.39, 0.29) is 18.1 Å². The minimum atomic E-state index is -0.389. The lowest BCUT2D eigenvalue weighted by molar-refractivity contribution is -0.116. The Balaban J connectivity index is 1.57. The number of halogens is 2. The SMILES string of the molecule is O=C(CCc1ncc(-c2ccc(Br)cc2)o1)Nc1cccc(F)c1. The van der Waals surface area contributed by atoms with Gasteiger partial charge in [0.05, 0.1) is 6.20 Å². The molecule has 24 heavy (non-hydrogen) atoms. The maximum absolute atomic E-state index is 13.1. The smallest absolute Gasteiger partial charge is 0.224 e. The van der Waals surface area contributed by atoms with Crippen LogP contribution in [0.3, 0.4) is 0 Å². The van der Waals surface area contributed by atoms with Crippen molar-refractivity contribution in [2.24, 2.45) is 0 Å². The lowest BCUT2D eigenvalue weighted by atomic mass is 10.2. The van der Waals surface area contributed by atoms with Crippen molar-refractivity contribution in [1.82, 2.24) is 4.98 Å². The molecule has 122 valence electrons. The second-order valence-corrected chi connectivity index (χ2v) is 6.10. The lowest BCUT2D eigenvalue weighted by Gasteiger charge is -2.04. The summed E-state index contributed by atoms with van der Waals surface area (Å²) >= 11 is 3.38. The van der Waals surface area contributed by atoms with Gasteiger partial charge >= 0.3 is 0 Å². The minimum absolute atomic E-state index is 0.205. The quantitative estimate of drug-likeness (QED) is 0.681.